The van der Waals surface area contributed by atoms with Gasteiger partial charge in [-0.1, -0.05) is 0 Å². The zero-order valence-corrected chi connectivity index (χ0v) is 11.3. The van der Waals surface area contributed by atoms with E-state index >= 15 is 0 Å². The average Bonchev–Trinajstić information content (AvgIpc) is 2.75. The highest BCUT2D eigenvalue weighted by Gasteiger charge is 2.13. The summed E-state index contributed by atoms with van der Waals surface area (Å²) in [5.41, 5.74) is 0. The maximum Gasteiger partial charge on any atom is 0.164 e. The van der Waals surface area contributed by atoms with Crippen LogP contribution in [0.4, 0.5) is 0 Å². The van der Waals surface area contributed by atoms with Crippen molar-refractivity contribution in [2.75, 3.05) is 26.2 Å². The molecular weight excluding hydrogens is 194 g/mol. The summed E-state index contributed by atoms with van der Waals surface area (Å²) in [5, 5.41) is 0. The summed E-state index contributed by atoms with van der Waals surface area (Å²) in [5.74, 6) is 0. The summed E-state index contributed by atoms with van der Waals surface area (Å²) in [6, 6.07) is 0. The minimum atomic E-state index is -0.0425. The predicted molar refractivity (Wildman–Crippen MR) is 61.8 cm³/mol. The van der Waals surface area contributed by atoms with Gasteiger partial charge >= 0.3 is 0 Å². The van der Waals surface area contributed by atoms with Crippen LogP contribution in [0.5, 0.6) is 0 Å². The second-order valence-electron chi connectivity index (χ2n) is 4.22. The van der Waals surface area contributed by atoms with Gasteiger partial charge < -0.3 is 13.8 Å². The number of nitrogens with zero attached hydrogens (tertiary/aromatic N) is 2. The number of hydrogen-bond acceptors (Lipinski definition) is 3. The Bertz CT molecular complexity index is 128. The molecule has 0 atom stereocenters. The summed E-state index contributed by atoms with van der Waals surface area (Å²) in [7, 11) is -0.0850. The van der Waals surface area contributed by atoms with Gasteiger partial charge in [-0.3, -0.25) is 0 Å². The van der Waals surface area contributed by atoms with Crippen molar-refractivity contribution < 1.29 is 0 Å². The number of hydrogen-bond donors (Lipinski definition) is 1. The third kappa shape index (κ3) is 3.17. The van der Waals surface area contributed by atoms with Gasteiger partial charge in [0.1, 0.15) is 0 Å². The van der Waals surface area contributed by atoms with Gasteiger partial charge in [0, 0.05) is 0 Å². The number of rotatable bonds is 4. The molecule has 0 saturated carbocycles. The highest BCUT2D eigenvalue weighted by molar-refractivity contribution is 6.47. The first-order chi connectivity index (χ1) is 6.45. The Morgan fingerprint density at radius 3 is 1.46 bits per heavy atom. The Hall–Kier alpha value is 0.314. The SMILES string of the molecule is C1CCN([SiH2]N[SiH2]N2CCCC2)C1. The molecule has 2 rings (SSSR count). The van der Waals surface area contributed by atoms with Crippen LogP contribution in [0.2, 0.25) is 0 Å². The van der Waals surface area contributed by atoms with Crippen molar-refractivity contribution in [1.82, 2.24) is 13.8 Å². The predicted octanol–water partition coefficient (Wildman–Crippen LogP) is -1.23. The maximum absolute atomic E-state index is 3.80. The quantitative estimate of drug-likeness (QED) is 0.592. The highest BCUT2D eigenvalue weighted by atomic mass is 28.3. The molecule has 0 aromatic heterocycles. The molecule has 76 valence electrons. The van der Waals surface area contributed by atoms with E-state index in [2.05, 4.69) is 13.8 Å². The summed E-state index contributed by atoms with van der Waals surface area (Å²) in [4.78, 5) is 0. The van der Waals surface area contributed by atoms with Gasteiger partial charge in [-0.15, -0.1) is 0 Å². The molecule has 0 unspecified atom stereocenters. The smallest absolute Gasteiger partial charge is 0.164 e. The third-order valence-corrected chi connectivity index (χ3v) is 7.02. The van der Waals surface area contributed by atoms with Crippen LogP contribution in [0.1, 0.15) is 25.7 Å². The fourth-order valence-corrected chi connectivity index (χ4v) is 6.70. The van der Waals surface area contributed by atoms with Crippen molar-refractivity contribution in [3.05, 3.63) is 0 Å². The normalized spacial score (nSPS) is 27.7. The van der Waals surface area contributed by atoms with E-state index in [0.717, 1.165) is 0 Å². The Labute approximate surface area is 85.8 Å². The number of nitrogens with one attached hydrogen (secondary N) is 1. The molecule has 1 N–H and O–H groups in total. The molecule has 2 aliphatic rings. The van der Waals surface area contributed by atoms with Gasteiger partial charge in [-0.2, -0.15) is 0 Å². The van der Waals surface area contributed by atoms with Crippen LogP contribution in [0.3, 0.4) is 0 Å². The van der Waals surface area contributed by atoms with E-state index in [1.54, 1.807) is 0 Å². The van der Waals surface area contributed by atoms with E-state index in [4.69, 9.17) is 0 Å². The molecule has 13 heavy (non-hydrogen) atoms. The van der Waals surface area contributed by atoms with Crippen molar-refractivity contribution in [1.29, 1.82) is 0 Å². The maximum atomic E-state index is 3.80. The summed E-state index contributed by atoms with van der Waals surface area (Å²) in [6.45, 7) is 5.53. The zero-order valence-electron chi connectivity index (χ0n) is 8.47. The van der Waals surface area contributed by atoms with Crippen LogP contribution in [0, 0.1) is 0 Å². The average molecular weight is 215 g/mol. The molecule has 0 radical (unpaired) electrons. The lowest BCUT2D eigenvalue weighted by molar-refractivity contribution is 0.530. The van der Waals surface area contributed by atoms with Crippen molar-refractivity contribution in [2.45, 2.75) is 25.7 Å². The van der Waals surface area contributed by atoms with E-state index in [9.17, 15) is 0 Å². The van der Waals surface area contributed by atoms with E-state index in [1.165, 1.54) is 51.9 Å². The van der Waals surface area contributed by atoms with E-state index in [1.807, 2.05) is 0 Å². The van der Waals surface area contributed by atoms with Gasteiger partial charge in [0.15, 0.2) is 19.7 Å². The molecule has 0 bridgehead atoms. The lowest BCUT2D eigenvalue weighted by Crippen LogP contribution is -2.44. The van der Waals surface area contributed by atoms with Crippen molar-refractivity contribution in [3.63, 3.8) is 0 Å². The largest absolute Gasteiger partial charge is 0.345 e. The molecule has 0 spiro atoms. The Kier molecular flexibility index (Phi) is 3.99. The molecule has 2 heterocycles. The summed E-state index contributed by atoms with van der Waals surface area (Å²) >= 11 is 0. The van der Waals surface area contributed by atoms with Crippen molar-refractivity contribution >= 4 is 19.7 Å². The Morgan fingerprint density at radius 2 is 1.08 bits per heavy atom. The fraction of sp³-hybridized carbons (Fsp3) is 1.00. The second kappa shape index (κ2) is 5.26. The standard InChI is InChI=1S/C8H21N3Si2/c1-2-6-10(5-1)12-9-13-11-7-3-4-8-11/h9H,1-8,12-13H2. The lowest BCUT2D eigenvalue weighted by atomic mass is 10.4. The van der Waals surface area contributed by atoms with Crippen LogP contribution < -0.4 is 4.65 Å². The van der Waals surface area contributed by atoms with Crippen LogP contribution >= 0.6 is 0 Å². The minimum absolute atomic E-state index is 0.0425. The van der Waals surface area contributed by atoms with E-state index in [0.29, 0.717) is 0 Å². The van der Waals surface area contributed by atoms with Crippen LogP contribution in [0.15, 0.2) is 0 Å². The monoisotopic (exact) mass is 215 g/mol. The Balaban J connectivity index is 1.52. The molecule has 2 saturated heterocycles. The molecule has 0 aliphatic carbocycles. The molecule has 0 amide bonds. The third-order valence-electron chi connectivity index (χ3n) is 3.07. The Morgan fingerprint density at radius 1 is 0.692 bits per heavy atom. The molecule has 3 nitrogen and oxygen atoms in total. The molecule has 0 aromatic carbocycles. The molecule has 5 heteroatoms. The van der Waals surface area contributed by atoms with Crippen molar-refractivity contribution in [3.8, 4) is 0 Å². The van der Waals surface area contributed by atoms with Crippen LogP contribution in [-0.4, -0.2) is 55.0 Å². The lowest BCUT2D eigenvalue weighted by Gasteiger charge is -2.18. The molecular formula is C8H21N3Si2. The topological polar surface area (TPSA) is 18.5 Å². The summed E-state index contributed by atoms with van der Waals surface area (Å²) in [6.07, 6.45) is 5.78. The summed E-state index contributed by atoms with van der Waals surface area (Å²) < 4.78 is 9.17. The van der Waals surface area contributed by atoms with E-state index in [-0.39, 0.29) is 19.7 Å². The van der Waals surface area contributed by atoms with Crippen LogP contribution in [-0.2, 0) is 0 Å². The highest BCUT2D eigenvalue weighted by Crippen LogP contribution is 2.05. The fourth-order valence-electron chi connectivity index (χ4n) is 2.25. The first-order valence-electron chi connectivity index (χ1n) is 5.60. The van der Waals surface area contributed by atoms with Gasteiger partial charge in [0.05, 0.1) is 0 Å². The minimum Gasteiger partial charge on any atom is -0.345 e. The van der Waals surface area contributed by atoms with Crippen LogP contribution in [0.25, 0.3) is 0 Å². The first kappa shape index (κ1) is 9.85. The van der Waals surface area contributed by atoms with Gasteiger partial charge in [0.25, 0.3) is 0 Å². The van der Waals surface area contributed by atoms with E-state index < -0.39 is 0 Å². The second-order valence-corrected chi connectivity index (χ2v) is 8.64. The molecule has 0 aromatic rings. The first-order valence-corrected chi connectivity index (χ1v) is 8.28. The van der Waals surface area contributed by atoms with Gasteiger partial charge in [0.2, 0.25) is 0 Å². The van der Waals surface area contributed by atoms with Crippen molar-refractivity contribution in [2.24, 2.45) is 0 Å². The van der Waals surface area contributed by atoms with Gasteiger partial charge in [-0.05, 0) is 51.9 Å². The zero-order chi connectivity index (χ0) is 8.93. The molecule has 2 fully saturated rings. The molecule has 2 aliphatic heterocycles. The van der Waals surface area contributed by atoms with Gasteiger partial charge in [-0.25, -0.2) is 0 Å².